The van der Waals surface area contributed by atoms with Crippen molar-refractivity contribution >= 4 is 33.2 Å². The average molecular weight is 401 g/mol. The number of thiazole rings is 1. The number of nitriles is 1. The second-order valence-electron chi connectivity index (χ2n) is 7.23. The summed E-state index contributed by atoms with van der Waals surface area (Å²) in [5.41, 5.74) is 4.22. The number of hydrogen-bond donors (Lipinski definition) is 2. The number of fused-ring (bicyclic) bond motifs is 1. The third kappa shape index (κ3) is 3.60. The Morgan fingerprint density at radius 1 is 1.31 bits per heavy atom. The fourth-order valence-corrected chi connectivity index (χ4v) is 4.80. The number of nitrogens with zero attached hydrogens (tertiary/aromatic N) is 4. The fourth-order valence-electron chi connectivity index (χ4n) is 4.03. The molecule has 3 aromatic heterocycles. The summed E-state index contributed by atoms with van der Waals surface area (Å²) in [6, 6.07) is 14.5. The second-order valence-corrected chi connectivity index (χ2v) is 8.09. The molecule has 1 aliphatic rings. The first kappa shape index (κ1) is 17.9. The molecule has 1 fully saturated rings. The molecule has 7 heteroatoms. The van der Waals surface area contributed by atoms with Gasteiger partial charge in [-0.05, 0) is 49.2 Å². The zero-order chi connectivity index (χ0) is 19.6. The van der Waals surface area contributed by atoms with E-state index >= 15 is 0 Å². The van der Waals surface area contributed by atoms with E-state index in [4.69, 9.17) is 10.2 Å². The lowest BCUT2D eigenvalue weighted by Crippen LogP contribution is -2.23. The lowest BCUT2D eigenvalue weighted by molar-refractivity contribution is 0.246. The minimum Gasteiger partial charge on any atom is -0.361 e. The molecule has 29 heavy (non-hydrogen) atoms. The first-order chi connectivity index (χ1) is 14.3. The van der Waals surface area contributed by atoms with E-state index in [2.05, 4.69) is 55.9 Å². The largest absolute Gasteiger partial charge is 0.361 e. The lowest BCUT2D eigenvalue weighted by Gasteiger charge is -2.23. The first-order valence-corrected chi connectivity index (χ1v) is 10.6. The fraction of sp³-hybridized carbons (Fsp3) is 0.227. The number of aromatic nitrogens is 3. The molecule has 144 valence electrons. The van der Waals surface area contributed by atoms with Crippen LogP contribution in [-0.2, 0) is 6.54 Å². The third-order valence-electron chi connectivity index (χ3n) is 5.41. The molecule has 5 rings (SSSR count). The van der Waals surface area contributed by atoms with Gasteiger partial charge in [0.05, 0.1) is 23.4 Å². The van der Waals surface area contributed by atoms with Gasteiger partial charge in [0.1, 0.15) is 5.82 Å². The molecule has 0 spiro atoms. The molecule has 1 aliphatic heterocycles. The van der Waals surface area contributed by atoms with Crippen molar-refractivity contribution in [1.29, 1.82) is 5.26 Å². The van der Waals surface area contributed by atoms with Crippen molar-refractivity contribution in [1.82, 2.24) is 19.9 Å². The Morgan fingerprint density at radius 2 is 2.28 bits per heavy atom. The highest BCUT2D eigenvalue weighted by molar-refractivity contribution is 7.13. The molecule has 2 N–H and O–H groups in total. The Balaban J connectivity index is 1.34. The average Bonchev–Trinajstić information content (AvgIpc) is 3.49. The minimum atomic E-state index is 0.328. The van der Waals surface area contributed by atoms with E-state index in [-0.39, 0.29) is 0 Å². The minimum absolute atomic E-state index is 0.328. The molecule has 0 aliphatic carbocycles. The van der Waals surface area contributed by atoms with Crippen molar-refractivity contribution < 1.29 is 0 Å². The first-order valence-electron chi connectivity index (χ1n) is 9.68. The summed E-state index contributed by atoms with van der Waals surface area (Å²) in [4.78, 5) is 14.9. The van der Waals surface area contributed by atoms with E-state index in [1.165, 1.54) is 22.9 Å². The lowest BCUT2D eigenvalue weighted by atomic mass is 10.1. The monoisotopic (exact) mass is 400 g/mol. The number of aromatic amines is 1. The second kappa shape index (κ2) is 7.66. The summed E-state index contributed by atoms with van der Waals surface area (Å²) in [5.74, 6) is 0.646. The van der Waals surface area contributed by atoms with E-state index in [0.717, 1.165) is 30.3 Å². The maximum Gasteiger partial charge on any atom is 0.188 e. The zero-order valence-electron chi connectivity index (χ0n) is 15.8. The van der Waals surface area contributed by atoms with E-state index in [1.54, 1.807) is 29.7 Å². The van der Waals surface area contributed by atoms with Crippen molar-refractivity contribution in [2.75, 3.05) is 11.9 Å². The van der Waals surface area contributed by atoms with E-state index in [9.17, 15) is 0 Å². The standard InChI is InChI=1S/C22H20N6S/c23-12-15-6-8-25-21(11-15)27-22-26-19(14-29-22)20-5-2-10-28(20)13-16-3-1-4-18-17(16)7-9-24-18/h1,3-4,6-9,11,14,20,24H,2,5,10,13H2,(H,25,26,27). The number of benzene rings is 1. The molecule has 1 saturated heterocycles. The van der Waals surface area contributed by atoms with Crippen LogP contribution in [0, 0.1) is 11.3 Å². The Labute approximate surface area is 172 Å². The number of rotatable bonds is 5. The Hall–Kier alpha value is -3.21. The number of pyridine rings is 1. The molecule has 1 unspecified atom stereocenters. The quantitative estimate of drug-likeness (QED) is 0.494. The summed E-state index contributed by atoms with van der Waals surface area (Å²) >= 11 is 1.58. The Morgan fingerprint density at radius 3 is 3.21 bits per heavy atom. The van der Waals surface area contributed by atoms with Gasteiger partial charge in [0.2, 0.25) is 0 Å². The normalized spacial score (nSPS) is 16.9. The molecule has 6 nitrogen and oxygen atoms in total. The summed E-state index contributed by atoms with van der Waals surface area (Å²) in [6.45, 7) is 2.00. The Bertz CT molecular complexity index is 1190. The van der Waals surface area contributed by atoms with Crippen molar-refractivity contribution in [2.45, 2.75) is 25.4 Å². The van der Waals surface area contributed by atoms with Crippen molar-refractivity contribution in [3.63, 3.8) is 0 Å². The summed E-state index contributed by atoms with van der Waals surface area (Å²) < 4.78 is 0. The van der Waals surface area contributed by atoms with Crippen LogP contribution in [0.1, 0.15) is 35.7 Å². The van der Waals surface area contributed by atoms with Gasteiger partial charge < -0.3 is 10.3 Å². The van der Waals surface area contributed by atoms with Gasteiger partial charge in [-0.2, -0.15) is 5.26 Å². The highest BCUT2D eigenvalue weighted by Crippen LogP contribution is 2.36. The summed E-state index contributed by atoms with van der Waals surface area (Å²) in [5, 5.41) is 16.5. The number of H-pyrrole nitrogens is 1. The van der Waals surface area contributed by atoms with Crippen molar-refractivity contribution in [2.24, 2.45) is 0 Å². The molecule has 0 radical (unpaired) electrons. The van der Waals surface area contributed by atoms with Crippen LogP contribution in [0.4, 0.5) is 10.9 Å². The summed E-state index contributed by atoms with van der Waals surface area (Å²) in [7, 11) is 0. The predicted octanol–water partition coefficient (Wildman–Crippen LogP) is 4.97. The SMILES string of the molecule is N#Cc1ccnc(Nc2nc(C3CCCN3Cc3cccc4[nH]ccc34)cs2)c1. The molecular formula is C22H20N6S. The van der Waals surface area contributed by atoms with Crippen LogP contribution in [0.3, 0.4) is 0 Å². The van der Waals surface area contributed by atoms with Crippen LogP contribution in [0.15, 0.2) is 54.2 Å². The van der Waals surface area contributed by atoms with Gasteiger partial charge in [-0.25, -0.2) is 9.97 Å². The van der Waals surface area contributed by atoms with Crippen molar-refractivity contribution in [3.8, 4) is 6.07 Å². The van der Waals surface area contributed by atoms with E-state index < -0.39 is 0 Å². The van der Waals surface area contributed by atoms with Gasteiger partial charge in [-0.15, -0.1) is 11.3 Å². The predicted molar refractivity (Wildman–Crippen MR) is 115 cm³/mol. The molecular weight excluding hydrogens is 380 g/mol. The number of likely N-dealkylation sites (tertiary alicyclic amines) is 1. The number of hydrogen-bond acceptors (Lipinski definition) is 6. The molecule has 4 heterocycles. The van der Waals surface area contributed by atoms with Gasteiger partial charge in [0.25, 0.3) is 0 Å². The molecule has 0 bridgehead atoms. The molecule has 0 amide bonds. The smallest absolute Gasteiger partial charge is 0.188 e. The zero-order valence-corrected chi connectivity index (χ0v) is 16.6. The van der Waals surface area contributed by atoms with Crippen molar-refractivity contribution in [3.05, 3.63) is 71.0 Å². The van der Waals surface area contributed by atoms with Gasteiger partial charge in [-0.3, -0.25) is 4.90 Å². The van der Waals surface area contributed by atoms with Crippen LogP contribution in [-0.4, -0.2) is 26.4 Å². The molecule has 4 aromatic rings. The van der Waals surface area contributed by atoms with Crippen LogP contribution in [0.5, 0.6) is 0 Å². The Kier molecular flexibility index (Phi) is 4.72. The third-order valence-corrected chi connectivity index (χ3v) is 6.19. The maximum atomic E-state index is 9.05. The molecule has 1 atom stereocenters. The maximum absolute atomic E-state index is 9.05. The van der Waals surface area contributed by atoms with E-state index in [1.807, 2.05) is 6.20 Å². The van der Waals surface area contributed by atoms with Crippen LogP contribution in [0.2, 0.25) is 0 Å². The molecule has 0 saturated carbocycles. The van der Waals surface area contributed by atoms with Crippen LogP contribution < -0.4 is 5.32 Å². The number of anilines is 2. The number of nitrogens with one attached hydrogen (secondary N) is 2. The highest BCUT2D eigenvalue weighted by Gasteiger charge is 2.28. The van der Waals surface area contributed by atoms with Gasteiger partial charge in [0, 0.05) is 35.2 Å². The summed E-state index contributed by atoms with van der Waals surface area (Å²) in [6.07, 6.45) is 5.94. The van der Waals surface area contributed by atoms with Gasteiger partial charge >= 0.3 is 0 Å². The van der Waals surface area contributed by atoms with Gasteiger partial charge in [0.15, 0.2) is 5.13 Å². The van der Waals surface area contributed by atoms with Gasteiger partial charge in [-0.1, -0.05) is 12.1 Å². The highest BCUT2D eigenvalue weighted by atomic mass is 32.1. The van der Waals surface area contributed by atoms with Crippen LogP contribution >= 0.6 is 11.3 Å². The topological polar surface area (TPSA) is 80.6 Å². The molecule has 1 aromatic carbocycles. The van der Waals surface area contributed by atoms with E-state index in [0.29, 0.717) is 17.4 Å². The van der Waals surface area contributed by atoms with Crippen LogP contribution in [0.25, 0.3) is 10.9 Å².